The predicted molar refractivity (Wildman–Crippen MR) is 102 cm³/mol. The summed E-state index contributed by atoms with van der Waals surface area (Å²) in [4.78, 5) is 24.8. The molecule has 0 amide bonds. The molecule has 0 unspecified atom stereocenters. The number of esters is 1. The van der Waals surface area contributed by atoms with E-state index in [4.69, 9.17) is 13.9 Å². The molecule has 3 rings (SSSR count). The van der Waals surface area contributed by atoms with E-state index in [-0.39, 0.29) is 12.2 Å². The summed E-state index contributed by atoms with van der Waals surface area (Å²) in [5.74, 6) is -0.0617. The molecule has 0 aliphatic heterocycles. The number of aryl methyl sites for hydroxylation is 2. The molecule has 0 aliphatic carbocycles. The number of ketones is 1. The summed E-state index contributed by atoms with van der Waals surface area (Å²) in [6.07, 6.45) is 0.754. The van der Waals surface area contributed by atoms with E-state index < -0.39 is 12.1 Å². The smallest absolute Gasteiger partial charge is 0.311 e. The zero-order valence-corrected chi connectivity index (χ0v) is 15.9. The number of ether oxygens (including phenoxy) is 2. The van der Waals surface area contributed by atoms with E-state index >= 15 is 0 Å². The van der Waals surface area contributed by atoms with Crippen molar-refractivity contribution in [2.45, 2.75) is 33.3 Å². The highest BCUT2D eigenvalue weighted by Crippen LogP contribution is 2.25. The Morgan fingerprint density at radius 1 is 1.07 bits per heavy atom. The van der Waals surface area contributed by atoms with E-state index in [0.29, 0.717) is 11.3 Å². The Bertz CT molecular complexity index is 982. The molecule has 0 saturated carbocycles. The fourth-order valence-electron chi connectivity index (χ4n) is 2.91. The van der Waals surface area contributed by atoms with Crippen LogP contribution in [0.2, 0.25) is 0 Å². The van der Waals surface area contributed by atoms with Crippen LogP contribution in [-0.4, -0.2) is 25.0 Å². The first-order chi connectivity index (χ1) is 12.9. The van der Waals surface area contributed by atoms with Crippen molar-refractivity contribution < 1.29 is 23.5 Å². The van der Waals surface area contributed by atoms with Crippen LogP contribution in [-0.2, 0) is 16.0 Å². The van der Waals surface area contributed by atoms with E-state index in [1.807, 2.05) is 26.0 Å². The Hall–Kier alpha value is -3.08. The molecule has 5 nitrogen and oxygen atoms in total. The third-order valence-corrected chi connectivity index (χ3v) is 4.66. The van der Waals surface area contributed by atoms with Crippen molar-refractivity contribution in [1.29, 1.82) is 0 Å². The molecule has 140 valence electrons. The average molecular weight is 366 g/mol. The Morgan fingerprint density at radius 3 is 2.41 bits per heavy atom. The minimum absolute atomic E-state index is 0.0513. The second-order valence-electron chi connectivity index (χ2n) is 6.60. The Labute approximate surface area is 157 Å². The van der Waals surface area contributed by atoms with Gasteiger partial charge in [-0.25, -0.2) is 0 Å². The maximum absolute atomic E-state index is 12.4. The Balaban J connectivity index is 1.68. The van der Waals surface area contributed by atoms with Crippen LogP contribution in [0.4, 0.5) is 0 Å². The van der Waals surface area contributed by atoms with Gasteiger partial charge in [-0.2, -0.15) is 0 Å². The van der Waals surface area contributed by atoms with Crippen molar-refractivity contribution in [3.63, 3.8) is 0 Å². The van der Waals surface area contributed by atoms with Gasteiger partial charge in [-0.05, 0) is 68.3 Å². The van der Waals surface area contributed by atoms with Crippen LogP contribution in [0, 0.1) is 13.8 Å². The van der Waals surface area contributed by atoms with Crippen molar-refractivity contribution in [3.05, 3.63) is 64.9 Å². The van der Waals surface area contributed by atoms with E-state index in [1.165, 1.54) is 0 Å². The lowest BCUT2D eigenvalue weighted by molar-refractivity contribution is -0.145. The second-order valence-corrected chi connectivity index (χ2v) is 6.60. The van der Waals surface area contributed by atoms with Gasteiger partial charge in [0.15, 0.2) is 6.10 Å². The molecule has 0 fully saturated rings. The number of carbonyl (C=O) groups excluding carboxylic acids is 2. The number of furan rings is 1. The average Bonchev–Trinajstić information content (AvgIpc) is 3.03. The molecular weight excluding hydrogens is 344 g/mol. The largest absolute Gasteiger partial charge is 0.497 e. The van der Waals surface area contributed by atoms with Crippen molar-refractivity contribution in [2.75, 3.05) is 7.11 Å². The SMILES string of the molecule is COc1ccc(C(=O)[C@@H](C)OC(=O)Cc2coc3cc(C)c(C)cc23)cc1. The molecule has 0 N–H and O–H groups in total. The number of fused-ring (bicyclic) bond motifs is 1. The number of rotatable bonds is 6. The van der Waals surface area contributed by atoms with Gasteiger partial charge < -0.3 is 13.9 Å². The fourth-order valence-corrected chi connectivity index (χ4v) is 2.91. The van der Waals surface area contributed by atoms with Crippen molar-refractivity contribution in [1.82, 2.24) is 0 Å². The summed E-state index contributed by atoms with van der Waals surface area (Å²) in [5.41, 5.74) is 4.22. The highest BCUT2D eigenvalue weighted by Gasteiger charge is 2.21. The quantitative estimate of drug-likeness (QED) is 0.477. The van der Waals surface area contributed by atoms with Crippen LogP contribution >= 0.6 is 0 Å². The normalized spacial score (nSPS) is 12.0. The topological polar surface area (TPSA) is 65.7 Å². The zero-order valence-electron chi connectivity index (χ0n) is 15.9. The number of Topliss-reactive ketones (excluding diaryl/α,β-unsaturated/α-hetero) is 1. The highest BCUT2D eigenvalue weighted by atomic mass is 16.5. The van der Waals surface area contributed by atoms with Crippen molar-refractivity contribution in [2.24, 2.45) is 0 Å². The second kappa shape index (κ2) is 7.66. The number of methoxy groups -OCH3 is 1. The van der Waals surface area contributed by atoms with Crippen LogP contribution in [0.15, 0.2) is 47.1 Å². The van der Waals surface area contributed by atoms with Crippen LogP contribution in [0.1, 0.15) is 34.0 Å². The van der Waals surface area contributed by atoms with Gasteiger partial charge in [-0.1, -0.05) is 0 Å². The Morgan fingerprint density at radius 2 is 1.74 bits per heavy atom. The molecule has 3 aromatic rings. The molecule has 0 spiro atoms. The minimum atomic E-state index is -0.868. The standard InChI is InChI=1S/C22H22O5/c1-13-9-19-17(12-26-20(19)10-14(13)2)11-21(23)27-15(3)22(24)16-5-7-18(25-4)8-6-16/h5-10,12,15H,11H2,1-4H3/t15-/m1/s1. The molecule has 1 heterocycles. The number of carbonyl (C=O) groups is 2. The fraction of sp³-hybridized carbons (Fsp3) is 0.273. The van der Waals surface area contributed by atoms with Crippen LogP contribution < -0.4 is 4.74 Å². The molecule has 1 aromatic heterocycles. The lowest BCUT2D eigenvalue weighted by Crippen LogP contribution is -2.25. The third kappa shape index (κ3) is 4.03. The summed E-state index contributed by atoms with van der Waals surface area (Å²) in [7, 11) is 1.56. The van der Waals surface area contributed by atoms with Gasteiger partial charge in [0.2, 0.25) is 5.78 Å². The van der Waals surface area contributed by atoms with E-state index in [2.05, 4.69) is 0 Å². The van der Waals surface area contributed by atoms with Crippen molar-refractivity contribution >= 4 is 22.7 Å². The number of benzene rings is 2. The van der Waals surface area contributed by atoms with Crippen LogP contribution in [0.25, 0.3) is 11.0 Å². The van der Waals surface area contributed by atoms with Gasteiger partial charge >= 0.3 is 5.97 Å². The lowest BCUT2D eigenvalue weighted by atomic mass is 10.0. The van der Waals surface area contributed by atoms with Crippen LogP contribution in [0.3, 0.4) is 0 Å². The van der Waals surface area contributed by atoms with Gasteiger partial charge in [-0.15, -0.1) is 0 Å². The predicted octanol–water partition coefficient (Wildman–Crippen LogP) is 4.42. The first-order valence-corrected chi connectivity index (χ1v) is 8.74. The molecule has 0 aliphatic rings. The Kier molecular flexibility index (Phi) is 5.31. The van der Waals surface area contributed by atoms with E-state index in [1.54, 1.807) is 44.6 Å². The zero-order chi connectivity index (χ0) is 19.6. The molecule has 0 saturated heterocycles. The minimum Gasteiger partial charge on any atom is -0.497 e. The summed E-state index contributed by atoms with van der Waals surface area (Å²) in [6.45, 7) is 5.60. The molecule has 0 bridgehead atoms. The third-order valence-electron chi connectivity index (χ3n) is 4.66. The molecule has 2 aromatic carbocycles. The van der Waals surface area contributed by atoms with Gasteiger partial charge in [-0.3, -0.25) is 9.59 Å². The van der Waals surface area contributed by atoms with Gasteiger partial charge in [0, 0.05) is 16.5 Å². The maximum Gasteiger partial charge on any atom is 0.311 e. The molecule has 27 heavy (non-hydrogen) atoms. The lowest BCUT2D eigenvalue weighted by Gasteiger charge is -2.12. The van der Waals surface area contributed by atoms with Crippen LogP contribution in [0.5, 0.6) is 5.75 Å². The molecule has 5 heteroatoms. The van der Waals surface area contributed by atoms with Gasteiger partial charge in [0.1, 0.15) is 11.3 Å². The summed E-state index contributed by atoms with van der Waals surface area (Å²) >= 11 is 0. The first kappa shape index (κ1) is 18.7. The molecule has 1 atom stereocenters. The highest BCUT2D eigenvalue weighted by molar-refractivity contribution is 6.00. The summed E-state index contributed by atoms with van der Waals surface area (Å²) < 4.78 is 16.0. The first-order valence-electron chi connectivity index (χ1n) is 8.74. The van der Waals surface area contributed by atoms with Gasteiger partial charge in [0.05, 0.1) is 19.8 Å². The summed E-state index contributed by atoms with van der Waals surface area (Å²) in [5, 5.41) is 0.893. The maximum atomic E-state index is 12.4. The number of hydrogen-bond donors (Lipinski definition) is 0. The summed E-state index contributed by atoms with van der Waals surface area (Å²) in [6, 6.07) is 10.7. The van der Waals surface area contributed by atoms with E-state index in [0.717, 1.165) is 27.7 Å². The van der Waals surface area contributed by atoms with Crippen molar-refractivity contribution in [3.8, 4) is 5.75 Å². The van der Waals surface area contributed by atoms with Gasteiger partial charge in [0.25, 0.3) is 0 Å². The number of hydrogen-bond acceptors (Lipinski definition) is 5. The van der Waals surface area contributed by atoms with E-state index in [9.17, 15) is 9.59 Å². The molecular formula is C22H22O5. The molecule has 0 radical (unpaired) electrons. The monoisotopic (exact) mass is 366 g/mol.